The molecule has 0 aliphatic rings. The molecule has 0 radical (unpaired) electrons. The average Bonchev–Trinajstić information content (AvgIpc) is 2.88. The number of carbonyl (C=O) groups is 2. The molecule has 222 valence electrons. The van der Waals surface area contributed by atoms with Gasteiger partial charge in [0.05, 0.1) is 36.5 Å². The van der Waals surface area contributed by atoms with Gasteiger partial charge in [0.25, 0.3) is 15.9 Å². The Morgan fingerprint density at radius 3 is 2.52 bits per heavy atom. The van der Waals surface area contributed by atoms with Gasteiger partial charge in [-0.15, -0.1) is 11.8 Å². The molecule has 0 spiro atoms. The number of anilines is 1. The van der Waals surface area contributed by atoms with Crippen molar-refractivity contribution < 1.29 is 32.6 Å². The van der Waals surface area contributed by atoms with Crippen molar-refractivity contribution in [3.63, 3.8) is 0 Å². The topological polar surface area (TPSA) is 160 Å². The summed E-state index contributed by atoms with van der Waals surface area (Å²) >= 11 is 13.4. The second-order valence-electron chi connectivity index (χ2n) is 9.52. The lowest BCUT2D eigenvalue weighted by atomic mass is 10.3. The van der Waals surface area contributed by atoms with Gasteiger partial charge < -0.3 is 25.2 Å². The first-order valence-electron chi connectivity index (χ1n) is 12.0. The van der Waals surface area contributed by atoms with Crippen molar-refractivity contribution in [1.82, 2.24) is 20.6 Å². The van der Waals surface area contributed by atoms with Crippen molar-refractivity contribution in [1.29, 1.82) is 0 Å². The van der Waals surface area contributed by atoms with Crippen LogP contribution in [-0.4, -0.2) is 89.3 Å². The third kappa shape index (κ3) is 9.66. The molecule has 1 heterocycles. The molecule has 17 heteroatoms. The Morgan fingerprint density at radius 1 is 1.23 bits per heavy atom. The number of benzene rings is 1. The number of carbonyl (C=O) groups excluding carboxylic acids is 1. The number of sulfonamides is 1. The Balaban J connectivity index is 2.40. The summed E-state index contributed by atoms with van der Waals surface area (Å²) in [6.45, 7) is 7.07. The molecule has 0 saturated carbocycles. The fraction of sp³-hybridized carbons (Fsp3) is 0.478. The smallest absolute Gasteiger partial charge is 0.405 e. The van der Waals surface area contributed by atoms with Crippen LogP contribution in [0, 0.1) is 0 Å². The summed E-state index contributed by atoms with van der Waals surface area (Å²) in [7, 11) is -2.95. The van der Waals surface area contributed by atoms with Crippen LogP contribution in [0.2, 0.25) is 35.7 Å². The molecule has 1 aromatic heterocycles. The van der Waals surface area contributed by atoms with Crippen molar-refractivity contribution in [2.45, 2.75) is 41.6 Å². The SMILES string of the molecule is CNC(=O)[C@H](CSc1cnc(N(CCOCC[Si](C)(C)C)S(=O)(=O)c2cccc(Cl)c2Cl)c(OC)n1)NC(=O)O. The lowest BCUT2D eigenvalue weighted by Crippen LogP contribution is -2.46. The van der Waals surface area contributed by atoms with E-state index in [9.17, 15) is 18.0 Å². The van der Waals surface area contributed by atoms with Crippen LogP contribution in [0.25, 0.3) is 0 Å². The van der Waals surface area contributed by atoms with E-state index in [2.05, 4.69) is 40.2 Å². The summed E-state index contributed by atoms with van der Waals surface area (Å²) < 4.78 is 39.8. The van der Waals surface area contributed by atoms with E-state index >= 15 is 0 Å². The summed E-state index contributed by atoms with van der Waals surface area (Å²) in [6.07, 6.45) is -0.0564. The number of nitrogens with one attached hydrogen (secondary N) is 2. The van der Waals surface area contributed by atoms with Crippen molar-refractivity contribution in [3.05, 3.63) is 34.4 Å². The van der Waals surface area contributed by atoms with E-state index in [1.807, 2.05) is 0 Å². The van der Waals surface area contributed by atoms with Crippen molar-refractivity contribution in [2.24, 2.45) is 0 Å². The minimum Gasteiger partial charge on any atom is -0.478 e. The second kappa shape index (κ2) is 15.1. The summed E-state index contributed by atoms with van der Waals surface area (Å²) in [5.41, 5.74) is 0. The van der Waals surface area contributed by atoms with Crippen LogP contribution >= 0.6 is 35.0 Å². The Kier molecular flexibility index (Phi) is 12.8. The van der Waals surface area contributed by atoms with Gasteiger partial charge in [-0.25, -0.2) is 27.5 Å². The third-order valence-corrected chi connectivity index (χ3v) is 10.8. The summed E-state index contributed by atoms with van der Waals surface area (Å²) in [6, 6.07) is 4.13. The van der Waals surface area contributed by atoms with Gasteiger partial charge >= 0.3 is 6.09 Å². The first-order valence-corrected chi connectivity index (χ1v) is 18.9. The van der Waals surface area contributed by atoms with E-state index in [0.717, 1.165) is 22.1 Å². The number of carboxylic acid groups (broad SMARTS) is 1. The number of hydrogen-bond acceptors (Lipinski definition) is 9. The van der Waals surface area contributed by atoms with Crippen molar-refractivity contribution in [2.75, 3.05) is 44.0 Å². The monoisotopic (exact) mass is 653 g/mol. The molecule has 0 aliphatic heterocycles. The highest BCUT2D eigenvalue weighted by Gasteiger charge is 2.32. The molecule has 12 nitrogen and oxygen atoms in total. The normalized spacial score (nSPS) is 12.5. The van der Waals surface area contributed by atoms with Crippen molar-refractivity contribution >= 4 is 70.9 Å². The quantitative estimate of drug-likeness (QED) is 0.146. The fourth-order valence-electron chi connectivity index (χ4n) is 3.17. The van der Waals surface area contributed by atoms with Crippen LogP contribution in [0.4, 0.5) is 10.6 Å². The Bertz CT molecular complexity index is 1300. The Labute approximate surface area is 249 Å². The van der Waals surface area contributed by atoms with Crippen molar-refractivity contribution in [3.8, 4) is 5.88 Å². The zero-order valence-electron chi connectivity index (χ0n) is 22.7. The largest absolute Gasteiger partial charge is 0.478 e. The van der Waals surface area contributed by atoms with Gasteiger partial charge in [-0.2, -0.15) is 0 Å². The highest BCUT2D eigenvalue weighted by Crippen LogP contribution is 2.35. The van der Waals surface area contributed by atoms with Gasteiger partial charge in [0.2, 0.25) is 11.7 Å². The lowest BCUT2D eigenvalue weighted by molar-refractivity contribution is -0.122. The number of amides is 2. The number of methoxy groups -OCH3 is 1. The number of halogens is 2. The molecule has 0 aliphatic carbocycles. The molecule has 0 bridgehead atoms. The zero-order chi connectivity index (χ0) is 30.1. The molecule has 3 N–H and O–H groups in total. The molecular formula is C23H33Cl2N5O7S2Si. The van der Waals surface area contributed by atoms with Crippen LogP contribution in [0.5, 0.6) is 5.88 Å². The maximum atomic E-state index is 13.8. The summed E-state index contributed by atoms with van der Waals surface area (Å²) in [5.74, 6) is -0.759. The van der Waals surface area contributed by atoms with Gasteiger partial charge in [-0.3, -0.25) is 4.79 Å². The van der Waals surface area contributed by atoms with E-state index in [4.69, 9.17) is 37.8 Å². The number of hydrogen-bond donors (Lipinski definition) is 3. The number of aromatic nitrogens is 2. The first-order chi connectivity index (χ1) is 18.7. The molecule has 0 saturated heterocycles. The van der Waals surface area contributed by atoms with E-state index in [1.165, 1.54) is 38.6 Å². The Hall–Kier alpha value is -2.30. The van der Waals surface area contributed by atoms with E-state index < -0.39 is 36.1 Å². The van der Waals surface area contributed by atoms with Crippen LogP contribution in [-0.2, 0) is 19.6 Å². The molecule has 40 heavy (non-hydrogen) atoms. The highest BCUT2D eigenvalue weighted by molar-refractivity contribution is 7.99. The van der Waals surface area contributed by atoms with Gasteiger partial charge in [0.1, 0.15) is 16.0 Å². The maximum Gasteiger partial charge on any atom is 0.405 e. The number of ether oxygens (including phenoxy) is 2. The summed E-state index contributed by atoms with van der Waals surface area (Å²) in [4.78, 5) is 31.5. The predicted octanol–water partition coefficient (Wildman–Crippen LogP) is 3.82. The first kappa shape index (κ1) is 33.9. The van der Waals surface area contributed by atoms with Gasteiger partial charge in [0, 0.05) is 27.5 Å². The third-order valence-electron chi connectivity index (χ3n) is 5.31. The van der Waals surface area contributed by atoms with Crippen LogP contribution in [0.15, 0.2) is 34.3 Å². The van der Waals surface area contributed by atoms with E-state index in [-0.39, 0.29) is 50.6 Å². The lowest BCUT2D eigenvalue weighted by Gasteiger charge is -2.25. The van der Waals surface area contributed by atoms with Crippen LogP contribution in [0.3, 0.4) is 0 Å². The number of likely N-dealkylation sites (N-methyl/N-ethyl adjacent to an activating group) is 1. The number of rotatable bonds is 15. The van der Waals surface area contributed by atoms with Crippen LogP contribution < -0.4 is 19.7 Å². The molecule has 1 atom stereocenters. The molecule has 0 fully saturated rings. The molecule has 1 aromatic carbocycles. The number of thioether (sulfide) groups is 1. The molecule has 2 aromatic rings. The molecular weight excluding hydrogens is 621 g/mol. The minimum atomic E-state index is -4.29. The number of nitrogens with zero attached hydrogens (tertiary/aromatic N) is 3. The van der Waals surface area contributed by atoms with Gasteiger partial charge in [-0.1, -0.05) is 48.9 Å². The minimum absolute atomic E-state index is 0.00573. The maximum absolute atomic E-state index is 13.8. The summed E-state index contributed by atoms with van der Waals surface area (Å²) in [5, 5.41) is 13.7. The molecule has 2 amide bonds. The Morgan fingerprint density at radius 2 is 1.93 bits per heavy atom. The fourth-order valence-corrected chi connectivity index (χ4v) is 6.92. The highest BCUT2D eigenvalue weighted by atomic mass is 35.5. The van der Waals surface area contributed by atoms with Gasteiger partial charge in [0.15, 0.2) is 0 Å². The van der Waals surface area contributed by atoms with E-state index in [1.54, 1.807) is 0 Å². The molecule has 2 rings (SSSR count). The predicted molar refractivity (Wildman–Crippen MR) is 158 cm³/mol. The second-order valence-corrected chi connectivity index (χ2v) is 18.8. The standard InChI is InChI=1S/C23H33Cl2N5O7S2Si/c1-26-21(31)16(28-23(32)33)14-38-18-13-27-20(22(29-18)36-2)30(9-10-37-11-12-40(3,4)5)39(34,35)17-8-6-7-15(24)19(17)25/h6-8,13,16,28H,9-12,14H2,1-5H3,(H,26,31)(H,32,33)/t16-/m0/s1. The van der Waals surface area contributed by atoms with Crippen LogP contribution in [0.1, 0.15) is 0 Å². The average molecular weight is 655 g/mol. The zero-order valence-corrected chi connectivity index (χ0v) is 26.9. The van der Waals surface area contributed by atoms with E-state index in [0.29, 0.717) is 6.61 Å². The van der Waals surface area contributed by atoms with Gasteiger partial charge in [-0.05, 0) is 18.2 Å². The molecule has 0 unspecified atom stereocenters.